The number of aliphatic hydroxyl groups excluding tert-OH is 1. The van der Waals surface area contributed by atoms with E-state index in [1.54, 1.807) is 0 Å². The summed E-state index contributed by atoms with van der Waals surface area (Å²) in [6.45, 7) is 8.44. The first kappa shape index (κ1) is 16.1. The average molecular weight is 293 g/mol. The maximum atomic E-state index is 9.72. The fourth-order valence-corrected chi connectivity index (χ4v) is 2.57. The maximum Gasteiger partial charge on any atom is 0.119 e. The lowest BCUT2D eigenvalue weighted by Crippen LogP contribution is -2.43. The van der Waals surface area contributed by atoms with E-state index >= 15 is 0 Å². The third kappa shape index (κ3) is 5.21. The summed E-state index contributed by atoms with van der Waals surface area (Å²) in [7, 11) is 0. The van der Waals surface area contributed by atoms with Crippen molar-refractivity contribution in [3.8, 4) is 11.5 Å². The first-order chi connectivity index (χ1) is 10.2. The van der Waals surface area contributed by atoms with E-state index in [1.165, 1.54) is 0 Å². The Balaban J connectivity index is 1.68. The summed E-state index contributed by atoms with van der Waals surface area (Å²) in [4.78, 5) is 2.36. The smallest absolute Gasteiger partial charge is 0.119 e. The molecule has 1 N–H and O–H groups in total. The van der Waals surface area contributed by atoms with Crippen LogP contribution in [-0.4, -0.2) is 49.0 Å². The third-order valence-corrected chi connectivity index (χ3v) is 3.92. The van der Waals surface area contributed by atoms with Crippen molar-refractivity contribution in [3.63, 3.8) is 0 Å². The fourth-order valence-electron chi connectivity index (χ4n) is 2.57. The quantitative estimate of drug-likeness (QED) is 0.839. The van der Waals surface area contributed by atoms with Gasteiger partial charge in [-0.15, -0.1) is 0 Å². The third-order valence-electron chi connectivity index (χ3n) is 3.92. The van der Waals surface area contributed by atoms with Crippen molar-refractivity contribution in [2.75, 3.05) is 32.8 Å². The van der Waals surface area contributed by atoms with Gasteiger partial charge in [0.05, 0.1) is 12.7 Å². The molecule has 1 fully saturated rings. The van der Waals surface area contributed by atoms with Crippen LogP contribution in [-0.2, 0) is 0 Å². The van der Waals surface area contributed by atoms with Crippen LogP contribution in [0.1, 0.15) is 26.7 Å². The molecule has 0 saturated carbocycles. The lowest BCUT2D eigenvalue weighted by atomic mass is 9.97. The summed E-state index contributed by atoms with van der Waals surface area (Å²) in [5.41, 5.74) is 0. The summed E-state index contributed by atoms with van der Waals surface area (Å²) in [6, 6.07) is 7.80. The largest absolute Gasteiger partial charge is 0.494 e. The Morgan fingerprint density at radius 3 is 2.33 bits per heavy atom. The minimum atomic E-state index is -0.141. The van der Waals surface area contributed by atoms with Gasteiger partial charge < -0.3 is 14.6 Å². The molecule has 118 valence electrons. The standard InChI is InChI=1S/C17H27NO3/c1-3-11-20-15-4-6-16(7-5-15)21-12-10-18-9-8-17(19)14(2)13-18/h4-7,14,17,19H,3,8-13H2,1-2H3. The van der Waals surface area contributed by atoms with Crippen molar-refractivity contribution < 1.29 is 14.6 Å². The zero-order valence-electron chi connectivity index (χ0n) is 13.1. The number of hydrogen-bond donors (Lipinski definition) is 1. The van der Waals surface area contributed by atoms with E-state index in [1.807, 2.05) is 24.3 Å². The van der Waals surface area contributed by atoms with Crippen molar-refractivity contribution in [2.45, 2.75) is 32.8 Å². The molecule has 4 heteroatoms. The summed E-state index contributed by atoms with van der Waals surface area (Å²) >= 11 is 0. The van der Waals surface area contributed by atoms with Gasteiger partial charge in [-0.05, 0) is 43.0 Å². The second kappa shape index (κ2) is 8.25. The molecule has 1 heterocycles. The SMILES string of the molecule is CCCOc1ccc(OCCN2CCC(O)C(C)C2)cc1. The van der Waals surface area contributed by atoms with E-state index in [2.05, 4.69) is 18.7 Å². The Kier molecular flexibility index (Phi) is 6.33. The van der Waals surface area contributed by atoms with Crippen molar-refractivity contribution in [2.24, 2.45) is 5.92 Å². The van der Waals surface area contributed by atoms with Crippen LogP contribution in [0, 0.1) is 5.92 Å². The molecule has 1 aromatic carbocycles. The van der Waals surface area contributed by atoms with E-state index in [0.29, 0.717) is 12.5 Å². The number of likely N-dealkylation sites (tertiary alicyclic amines) is 1. The molecular formula is C17H27NO3. The van der Waals surface area contributed by atoms with Crippen LogP contribution < -0.4 is 9.47 Å². The highest BCUT2D eigenvalue weighted by molar-refractivity contribution is 5.31. The predicted octanol–water partition coefficient (Wildman–Crippen LogP) is 2.56. The molecule has 4 nitrogen and oxygen atoms in total. The number of rotatable bonds is 7. The number of nitrogens with zero attached hydrogens (tertiary/aromatic N) is 1. The zero-order valence-corrected chi connectivity index (χ0v) is 13.1. The number of aliphatic hydroxyl groups is 1. The van der Waals surface area contributed by atoms with E-state index in [0.717, 1.165) is 50.6 Å². The van der Waals surface area contributed by atoms with Gasteiger partial charge in [-0.25, -0.2) is 0 Å². The Morgan fingerprint density at radius 1 is 1.14 bits per heavy atom. The molecule has 1 saturated heterocycles. The molecule has 2 rings (SSSR count). The van der Waals surface area contributed by atoms with Gasteiger partial charge in [0, 0.05) is 19.6 Å². The number of benzene rings is 1. The van der Waals surface area contributed by atoms with Gasteiger partial charge in [0.2, 0.25) is 0 Å². The van der Waals surface area contributed by atoms with Crippen LogP contribution in [0.5, 0.6) is 11.5 Å². The summed E-state index contributed by atoms with van der Waals surface area (Å²) < 4.78 is 11.3. The maximum absolute atomic E-state index is 9.72. The van der Waals surface area contributed by atoms with Gasteiger partial charge in [0.15, 0.2) is 0 Å². The Labute approximate surface area is 127 Å². The van der Waals surface area contributed by atoms with E-state index in [4.69, 9.17) is 9.47 Å². The molecule has 1 aromatic rings. The molecule has 0 radical (unpaired) electrons. The van der Waals surface area contributed by atoms with Gasteiger partial charge in [0.1, 0.15) is 18.1 Å². The van der Waals surface area contributed by atoms with Crippen molar-refractivity contribution in [1.82, 2.24) is 4.90 Å². The molecule has 21 heavy (non-hydrogen) atoms. The highest BCUT2D eigenvalue weighted by Crippen LogP contribution is 2.19. The number of ether oxygens (including phenoxy) is 2. The average Bonchev–Trinajstić information content (AvgIpc) is 2.50. The molecule has 0 spiro atoms. The van der Waals surface area contributed by atoms with Crippen molar-refractivity contribution in [1.29, 1.82) is 0 Å². The lowest BCUT2D eigenvalue weighted by Gasteiger charge is -2.34. The molecular weight excluding hydrogens is 266 g/mol. The van der Waals surface area contributed by atoms with E-state index in [-0.39, 0.29) is 6.10 Å². The second-order valence-electron chi connectivity index (χ2n) is 5.80. The van der Waals surface area contributed by atoms with Gasteiger partial charge in [-0.3, -0.25) is 4.90 Å². The molecule has 0 bridgehead atoms. The van der Waals surface area contributed by atoms with Crippen LogP contribution >= 0.6 is 0 Å². The molecule has 0 aromatic heterocycles. The second-order valence-corrected chi connectivity index (χ2v) is 5.80. The van der Waals surface area contributed by atoms with Crippen LogP contribution in [0.2, 0.25) is 0 Å². The van der Waals surface area contributed by atoms with Crippen LogP contribution in [0.4, 0.5) is 0 Å². The Morgan fingerprint density at radius 2 is 1.76 bits per heavy atom. The van der Waals surface area contributed by atoms with Crippen LogP contribution in [0.15, 0.2) is 24.3 Å². The molecule has 2 atom stereocenters. The minimum Gasteiger partial charge on any atom is -0.494 e. The molecule has 2 unspecified atom stereocenters. The van der Waals surface area contributed by atoms with Crippen LogP contribution in [0.25, 0.3) is 0 Å². The monoisotopic (exact) mass is 293 g/mol. The van der Waals surface area contributed by atoms with Gasteiger partial charge >= 0.3 is 0 Å². The summed E-state index contributed by atoms with van der Waals surface area (Å²) in [5.74, 6) is 2.13. The van der Waals surface area contributed by atoms with E-state index < -0.39 is 0 Å². The molecule has 0 amide bonds. The number of hydrogen-bond acceptors (Lipinski definition) is 4. The van der Waals surface area contributed by atoms with Gasteiger partial charge in [-0.1, -0.05) is 13.8 Å². The van der Waals surface area contributed by atoms with Gasteiger partial charge in [0.25, 0.3) is 0 Å². The highest BCUT2D eigenvalue weighted by Gasteiger charge is 2.23. The van der Waals surface area contributed by atoms with Crippen LogP contribution in [0.3, 0.4) is 0 Å². The Hall–Kier alpha value is -1.26. The normalized spacial score (nSPS) is 23.0. The first-order valence-electron chi connectivity index (χ1n) is 7.95. The topological polar surface area (TPSA) is 41.9 Å². The molecule has 1 aliphatic heterocycles. The molecule has 0 aliphatic carbocycles. The summed E-state index contributed by atoms with van der Waals surface area (Å²) in [5, 5.41) is 9.72. The number of piperidine rings is 1. The van der Waals surface area contributed by atoms with Crippen molar-refractivity contribution >= 4 is 0 Å². The fraction of sp³-hybridized carbons (Fsp3) is 0.647. The Bertz CT molecular complexity index is 407. The summed E-state index contributed by atoms with van der Waals surface area (Å²) in [6.07, 6.45) is 1.74. The van der Waals surface area contributed by atoms with E-state index in [9.17, 15) is 5.11 Å². The zero-order chi connectivity index (χ0) is 15.1. The van der Waals surface area contributed by atoms with Gasteiger partial charge in [-0.2, -0.15) is 0 Å². The first-order valence-corrected chi connectivity index (χ1v) is 7.95. The molecule has 1 aliphatic rings. The highest BCUT2D eigenvalue weighted by atomic mass is 16.5. The minimum absolute atomic E-state index is 0.141. The predicted molar refractivity (Wildman–Crippen MR) is 84.0 cm³/mol. The van der Waals surface area contributed by atoms with Crippen molar-refractivity contribution in [3.05, 3.63) is 24.3 Å². The lowest BCUT2D eigenvalue weighted by molar-refractivity contribution is 0.0304.